The van der Waals surface area contributed by atoms with Gasteiger partial charge in [0.15, 0.2) is 5.82 Å². The molecule has 0 atom stereocenters. The summed E-state index contributed by atoms with van der Waals surface area (Å²) in [6.07, 6.45) is 2.91. The van der Waals surface area contributed by atoms with Crippen LogP contribution in [0.5, 0.6) is 0 Å². The van der Waals surface area contributed by atoms with Gasteiger partial charge in [0.25, 0.3) is 0 Å². The molecule has 2 aromatic heterocycles. The molecule has 0 amide bonds. The Kier molecular flexibility index (Phi) is 5.73. The minimum Gasteiger partial charge on any atom is -0.367 e. The fraction of sp³-hybridized carbons (Fsp3) is 0.308. The van der Waals surface area contributed by atoms with Gasteiger partial charge in [-0.05, 0) is 61.7 Å². The van der Waals surface area contributed by atoms with Crippen molar-refractivity contribution in [1.29, 1.82) is 0 Å². The minimum atomic E-state index is -0.285. The van der Waals surface area contributed by atoms with Crippen molar-refractivity contribution in [2.24, 2.45) is 0 Å². The molecule has 184 valence electrons. The van der Waals surface area contributed by atoms with Crippen LogP contribution in [0.4, 0.5) is 27.7 Å². The molecule has 1 saturated heterocycles. The van der Waals surface area contributed by atoms with Crippen LogP contribution in [0, 0.1) is 5.82 Å². The van der Waals surface area contributed by atoms with E-state index < -0.39 is 0 Å². The Morgan fingerprint density at radius 1 is 0.944 bits per heavy atom. The second-order valence-electron chi connectivity index (χ2n) is 9.37. The molecule has 1 aliphatic carbocycles. The van der Waals surface area contributed by atoms with Crippen LogP contribution in [0.25, 0.3) is 17.1 Å². The van der Waals surface area contributed by atoms with Gasteiger partial charge < -0.3 is 20.9 Å². The zero-order valence-corrected chi connectivity index (χ0v) is 20.2. The van der Waals surface area contributed by atoms with E-state index >= 15 is 4.39 Å². The van der Waals surface area contributed by atoms with Gasteiger partial charge in [0.05, 0.1) is 11.4 Å². The molecule has 9 nitrogen and oxygen atoms in total. The first-order valence-corrected chi connectivity index (χ1v) is 12.2. The largest absolute Gasteiger partial charge is 0.367 e. The van der Waals surface area contributed by atoms with E-state index in [0.29, 0.717) is 23.1 Å². The van der Waals surface area contributed by atoms with Crippen molar-refractivity contribution in [3.8, 4) is 17.1 Å². The Morgan fingerprint density at radius 2 is 1.75 bits per heavy atom. The molecule has 4 aromatic rings. The van der Waals surface area contributed by atoms with Gasteiger partial charge in [0, 0.05) is 37.4 Å². The molecular weight excluding hydrogens is 457 g/mol. The van der Waals surface area contributed by atoms with Crippen LogP contribution in [0.1, 0.15) is 17.5 Å². The molecule has 6 rings (SSSR count). The second kappa shape index (κ2) is 9.19. The Hall–Kier alpha value is -4.05. The summed E-state index contributed by atoms with van der Waals surface area (Å²) in [4.78, 5) is 8.63. The SMILES string of the molecule is CN1CCN(c2ccc(Nc3nc(N)nn3-c3cc4c(nn3)-c3ccccc3CCC4)cc2F)CC1. The highest BCUT2D eigenvalue weighted by molar-refractivity contribution is 5.68. The van der Waals surface area contributed by atoms with E-state index in [4.69, 9.17) is 5.73 Å². The van der Waals surface area contributed by atoms with Crippen LogP contribution < -0.4 is 16.0 Å². The van der Waals surface area contributed by atoms with E-state index in [1.54, 1.807) is 6.07 Å². The number of piperazine rings is 1. The smallest absolute Gasteiger partial charge is 0.241 e. The van der Waals surface area contributed by atoms with E-state index in [0.717, 1.165) is 62.3 Å². The predicted molar refractivity (Wildman–Crippen MR) is 138 cm³/mol. The van der Waals surface area contributed by atoms with Crippen molar-refractivity contribution in [2.45, 2.75) is 19.3 Å². The first kappa shape index (κ1) is 22.4. The lowest BCUT2D eigenvalue weighted by atomic mass is 10.0. The van der Waals surface area contributed by atoms with Gasteiger partial charge in [0.2, 0.25) is 11.9 Å². The van der Waals surface area contributed by atoms with Gasteiger partial charge in [-0.25, -0.2) is 4.39 Å². The van der Waals surface area contributed by atoms with Crippen LogP contribution in [0.15, 0.2) is 48.5 Å². The maximum Gasteiger partial charge on any atom is 0.241 e. The van der Waals surface area contributed by atoms with Crippen molar-refractivity contribution >= 4 is 23.3 Å². The molecule has 0 unspecified atom stereocenters. The van der Waals surface area contributed by atoms with Crippen molar-refractivity contribution in [2.75, 3.05) is 49.2 Å². The third-order valence-electron chi connectivity index (χ3n) is 6.91. The number of benzene rings is 2. The number of hydrogen-bond donors (Lipinski definition) is 2. The van der Waals surface area contributed by atoms with Crippen LogP contribution in [0.2, 0.25) is 0 Å². The topological polar surface area (TPSA) is 101 Å². The van der Waals surface area contributed by atoms with Gasteiger partial charge >= 0.3 is 0 Å². The lowest BCUT2D eigenvalue weighted by molar-refractivity contribution is 0.311. The summed E-state index contributed by atoms with van der Waals surface area (Å²) < 4.78 is 16.5. The Labute approximate surface area is 208 Å². The fourth-order valence-corrected chi connectivity index (χ4v) is 4.96. The zero-order chi connectivity index (χ0) is 24.6. The number of likely N-dealkylation sites (N-methyl/N-ethyl adjacent to an activating group) is 1. The van der Waals surface area contributed by atoms with Crippen molar-refractivity contribution in [3.63, 3.8) is 0 Å². The first-order chi connectivity index (χ1) is 17.5. The van der Waals surface area contributed by atoms with Crippen LogP contribution in [-0.2, 0) is 12.8 Å². The normalized spacial score (nSPS) is 15.8. The molecule has 3 heterocycles. The predicted octanol–water partition coefficient (Wildman–Crippen LogP) is 3.43. The maximum absolute atomic E-state index is 15.0. The third-order valence-corrected chi connectivity index (χ3v) is 6.91. The lowest BCUT2D eigenvalue weighted by Crippen LogP contribution is -2.44. The molecular formula is C26H28FN9. The highest BCUT2D eigenvalue weighted by atomic mass is 19.1. The average molecular weight is 486 g/mol. The van der Waals surface area contributed by atoms with Crippen molar-refractivity contribution in [3.05, 3.63) is 65.5 Å². The van der Waals surface area contributed by atoms with E-state index in [9.17, 15) is 0 Å². The lowest BCUT2D eigenvalue weighted by Gasteiger charge is -2.34. The summed E-state index contributed by atoms with van der Waals surface area (Å²) in [5.74, 6) is 0.665. The van der Waals surface area contributed by atoms with E-state index in [1.165, 1.54) is 16.3 Å². The Bertz CT molecular complexity index is 1410. The highest BCUT2D eigenvalue weighted by Gasteiger charge is 2.21. The summed E-state index contributed by atoms with van der Waals surface area (Å²) in [6, 6.07) is 15.4. The average Bonchev–Trinajstić information content (AvgIpc) is 3.14. The number of nitrogens with zero attached hydrogens (tertiary/aromatic N) is 7. The summed E-state index contributed by atoms with van der Waals surface area (Å²) in [6.45, 7) is 3.42. The minimum absolute atomic E-state index is 0.0918. The quantitative estimate of drug-likeness (QED) is 0.454. The monoisotopic (exact) mass is 485 g/mol. The number of aryl methyl sites for hydroxylation is 2. The molecule has 0 bridgehead atoms. The van der Waals surface area contributed by atoms with E-state index in [2.05, 4.69) is 60.6 Å². The number of halogens is 1. The highest BCUT2D eigenvalue weighted by Crippen LogP contribution is 2.32. The number of nitrogens with one attached hydrogen (secondary N) is 1. The van der Waals surface area contributed by atoms with Gasteiger partial charge in [-0.2, -0.15) is 9.67 Å². The third kappa shape index (κ3) is 4.24. The van der Waals surface area contributed by atoms with Crippen molar-refractivity contribution < 1.29 is 4.39 Å². The molecule has 3 N–H and O–H groups in total. The number of fused-ring (bicyclic) bond motifs is 3. The van der Waals surface area contributed by atoms with E-state index in [1.807, 2.05) is 18.2 Å². The van der Waals surface area contributed by atoms with Gasteiger partial charge in [-0.15, -0.1) is 15.3 Å². The number of nitrogens with two attached hydrogens (primary N) is 1. The van der Waals surface area contributed by atoms with Crippen LogP contribution in [0.3, 0.4) is 0 Å². The molecule has 2 aliphatic rings. The Balaban J connectivity index is 1.28. The summed E-state index contributed by atoms with van der Waals surface area (Å²) in [7, 11) is 2.08. The second-order valence-corrected chi connectivity index (χ2v) is 9.37. The molecule has 0 radical (unpaired) electrons. The molecule has 0 saturated carbocycles. The number of hydrogen-bond acceptors (Lipinski definition) is 8. The number of aromatic nitrogens is 5. The zero-order valence-electron chi connectivity index (χ0n) is 20.2. The maximum atomic E-state index is 15.0. The molecule has 0 spiro atoms. The van der Waals surface area contributed by atoms with Gasteiger partial charge in [-0.1, -0.05) is 24.3 Å². The standard InChI is InChI=1S/C26H28FN9/c1-34-11-13-35(14-12-34)22-10-9-19(16-21(22)27)29-26-30-25(28)33-36(26)23-15-18-7-4-6-17-5-2-3-8-20(17)24(18)32-31-23/h2-3,5,8-10,15-16H,4,6-7,11-14H2,1H3,(H3,28,29,30,33). The number of rotatable bonds is 4. The molecule has 10 heteroatoms. The number of anilines is 4. The molecule has 1 aliphatic heterocycles. The Morgan fingerprint density at radius 3 is 2.58 bits per heavy atom. The summed E-state index contributed by atoms with van der Waals surface area (Å²) in [5, 5.41) is 16.5. The van der Waals surface area contributed by atoms with Crippen LogP contribution >= 0.6 is 0 Å². The fourth-order valence-electron chi connectivity index (χ4n) is 4.96. The molecule has 36 heavy (non-hydrogen) atoms. The molecule has 1 fully saturated rings. The van der Waals surface area contributed by atoms with Gasteiger partial charge in [0.1, 0.15) is 5.82 Å². The number of nitrogen functional groups attached to an aromatic ring is 1. The van der Waals surface area contributed by atoms with Gasteiger partial charge in [-0.3, -0.25) is 0 Å². The van der Waals surface area contributed by atoms with Crippen molar-refractivity contribution in [1.82, 2.24) is 29.9 Å². The van der Waals surface area contributed by atoms with Crippen LogP contribution in [-0.4, -0.2) is 63.1 Å². The summed E-state index contributed by atoms with van der Waals surface area (Å²) >= 11 is 0. The first-order valence-electron chi connectivity index (χ1n) is 12.2. The molecule has 2 aromatic carbocycles. The van der Waals surface area contributed by atoms with E-state index in [-0.39, 0.29) is 11.8 Å². The summed E-state index contributed by atoms with van der Waals surface area (Å²) in [5.41, 5.74) is 11.5.